The molecule has 0 amide bonds. The molecule has 100 valence electrons. The van der Waals surface area contributed by atoms with Gasteiger partial charge in [0, 0.05) is 38.6 Å². The van der Waals surface area contributed by atoms with Gasteiger partial charge in [-0.25, -0.2) is 0 Å². The molecule has 19 heavy (non-hydrogen) atoms. The highest BCUT2D eigenvalue weighted by atomic mass is 15.1. The molecule has 1 N–H and O–H groups in total. The van der Waals surface area contributed by atoms with Crippen LogP contribution in [0.1, 0.15) is 24.2 Å². The van der Waals surface area contributed by atoms with Crippen LogP contribution in [0.3, 0.4) is 0 Å². The van der Waals surface area contributed by atoms with E-state index < -0.39 is 0 Å². The smallest absolute Gasteiger partial charge is 0.0541 e. The highest BCUT2D eigenvalue weighted by Gasteiger charge is 2.05. The van der Waals surface area contributed by atoms with Gasteiger partial charge in [0.2, 0.25) is 0 Å². The monoisotopic (exact) mass is 255 g/mol. The maximum absolute atomic E-state index is 4.31. The zero-order valence-electron chi connectivity index (χ0n) is 11.8. The molecule has 0 aliphatic carbocycles. The first-order chi connectivity index (χ1) is 9.16. The molecule has 0 saturated heterocycles. The highest BCUT2D eigenvalue weighted by molar-refractivity contribution is 5.46. The minimum absolute atomic E-state index is 0.318. The van der Waals surface area contributed by atoms with E-state index in [4.69, 9.17) is 0 Å². The van der Waals surface area contributed by atoms with Gasteiger partial charge in [-0.1, -0.05) is 18.2 Å². The number of hydrogen-bond acceptors (Lipinski definition) is 3. The Morgan fingerprint density at radius 2 is 1.84 bits per heavy atom. The third kappa shape index (κ3) is 3.80. The third-order valence-electron chi connectivity index (χ3n) is 3.23. The number of rotatable bonds is 5. The molecule has 0 saturated carbocycles. The Bertz CT molecular complexity index is 491. The van der Waals surface area contributed by atoms with E-state index in [-0.39, 0.29) is 0 Å². The van der Waals surface area contributed by atoms with Crippen LogP contribution in [0.25, 0.3) is 0 Å². The molecule has 1 aromatic heterocycles. The van der Waals surface area contributed by atoms with Crippen molar-refractivity contribution in [2.24, 2.45) is 0 Å². The summed E-state index contributed by atoms with van der Waals surface area (Å²) in [4.78, 5) is 6.42. The first-order valence-electron chi connectivity index (χ1n) is 6.57. The molecule has 1 unspecified atom stereocenters. The van der Waals surface area contributed by atoms with Crippen LogP contribution in [0.2, 0.25) is 0 Å². The Balaban J connectivity index is 1.94. The van der Waals surface area contributed by atoms with Crippen molar-refractivity contribution in [3.63, 3.8) is 0 Å². The van der Waals surface area contributed by atoms with Crippen molar-refractivity contribution in [1.29, 1.82) is 0 Å². The van der Waals surface area contributed by atoms with Crippen molar-refractivity contribution in [3.05, 3.63) is 59.9 Å². The fraction of sp³-hybridized carbons (Fsp3) is 0.312. The van der Waals surface area contributed by atoms with Crippen molar-refractivity contribution in [2.75, 3.05) is 19.0 Å². The van der Waals surface area contributed by atoms with Crippen LogP contribution >= 0.6 is 0 Å². The van der Waals surface area contributed by atoms with Gasteiger partial charge in [-0.3, -0.25) is 4.98 Å². The lowest BCUT2D eigenvalue weighted by atomic mass is 10.1. The van der Waals surface area contributed by atoms with E-state index in [2.05, 4.69) is 60.5 Å². The average Bonchev–Trinajstić information content (AvgIpc) is 2.46. The number of hydrogen-bond donors (Lipinski definition) is 1. The molecule has 3 heteroatoms. The van der Waals surface area contributed by atoms with E-state index in [1.165, 1.54) is 11.3 Å². The summed E-state index contributed by atoms with van der Waals surface area (Å²) in [5.41, 5.74) is 3.58. The maximum atomic E-state index is 4.31. The Morgan fingerprint density at radius 1 is 1.11 bits per heavy atom. The van der Waals surface area contributed by atoms with Crippen LogP contribution in [-0.2, 0) is 6.54 Å². The molecule has 2 aromatic rings. The highest BCUT2D eigenvalue weighted by Crippen LogP contribution is 2.17. The van der Waals surface area contributed by atoms with Gasteiger partial charge in [-0.15, -0.1) is 0 Å². The second-order valence-electron chi connectivity index (χ2n) is 4.91. The summed E-state index contributed by atoms with van der Waals surface area (Å²) >= 11 is 0. The summed E-state index contributed by atoms with van der Waals surface area (Å²) in [5, 5.41) is 3.49. The van der Waals surface area contributed by atoms with Crippen molar-refractivity contribution >= 4 is 5.69 Å². The Hall–Kier alpha value is -1.87. The van der Waals surface area contributed by atoms with E-state index in [1.54, 1.807) is 0 Å². The SMILES string of the molecule is CC(NCc1ccccn1)c1ccc(N(C)C)cc1. The minimum atomic E-state index is 0.318. The predicted molar refractivity (Wildman–Crippen MR) is 80.3 cm³/mol. The fourth-order valence-electron chi connectivity index (χ4n) is 1.94. The predicted octanol–water partition coefficient (Wildman–Crippen LogP) is 3.00. The van der Waals surface area contributed by atoms with Crippen LogP contribution in [0, 0.1) is 0 Å². The van der Waals surface area contributed by atoms with Gasteiger partial charge in [0.25, 0.3) is 0 Å². The van der Waals surface area contributed by atoms with Crippen molar-refractivity contribution < 1.29 is 0 Å². The number of anilines is 1. The van der Waals surface area contributed by atoms with E-state index >= 15 is 0 Å². The van der Waals surface area contributed by atoms with Crippen LogP contribution in [0.5, 0.6) is 0 Å². The average molecular weight is 255 g/mol. The van der Waals surface area contributed by atoms with Crippen molar-refractivity contribution in [2.45, 2.75) is 19.5 Å². The lowest BCUT2D eigenvalue weighted by molar-refractivity contribution is 0.568. The summed E-state index contributed by atoms with van der Waals surface area (Å²) in [5.74, 6) is 0. The molecule has 1 heterocycles. The summed E-state index contributed by atoms with van der Waals surface area (Å²) in [6, 6.07) is 14.9. The normalized spacial score (nSPS) is 12.2. The molecule has 1 atom stereocenters. The second kappa shape index (κ2) is 6.34. The van der Waals surface area contributed by atoms with Gasteiger partial charge in [-0.2, -0.15) is 0 Å². The molecular formula is C16H21N3. The van der Waals surface area contributed by atoms with E-state index in [0.29, 0.717) is 6.04 Å². The first-order valence-corrected chi connectivity index (χ1v) is 6.57. The zero-order chi connectivity index (χ0) is 13.7. The topological polar surface area (TPSA) is 28.2 Å². The van der Waals surface area contributed by atoms with Gasteiger partial charge in [0.05, 0.1) is 5.69 Å². The Kier molecular flexibility index (Phi) is 4.53. The zero-order valence-corrected chi connectivity index (χ0v) is 11.8. The van der Waals surface area contributed by atoms with Gasteiger partial charge in [0.1, 0.15) is 0 Å². The van der Waals surface area contributed by atoms with Gasteiger partial charge >= 0.3 is 0 Å². The molecule has 0 spiro atoms. The molecule has 1 aromatic carbocycles. The number of aromatic nitrogens is 1. The molecule has 2 rings (SSSR count). The summed E-state index contributed by atoms with van der Waals surface area (Å²) in [6.45, 7) is 2.96. The lowest BCUT2D eigenvalue weighted by Crippen LogP contribution is -2.18. The maximum Gasteiger partial charge on any atom is 0.0541 e. The molecule has 0 bridgehead atoms. The van der Waals surface area contributed by atoms with Gasteiger partial charge in [-0.05, 0) is 36.8 Å². The van der Waals surface area contributed by atoms with Gasteiger partial charge in [0.15, 0.2) is 0 Å². The lowest BCUT2D eigenvalue weighted by Gasteiger charge is -2.17. The first kappa shape index (κ1) is 13.6. The van der Waals surface area contributed by atoms with Crippen LogP contribution < -0.4 is 10.2 Å². The molecule has 0 radical (unpaired) electrons. The van der Waals surface area contributed by atoms with Crippen LogP contribution in [0.15, 0.2) is 48.7 Å². The minimum Gasteiger partial charge on any atom is -0.378 e. The molecule has 0 aliphatic heterocycles. The van der Waals surface area contributed by atoms with E-state index in [0.717, 1.165) is 12.2 Å². The fourth-order valence-corrected chi connectivity index (χ4v) is 1.94. The molecule has 0 fully saturated rings. The second-order valence-corrected chi connectivity index (χ2v) is 4.91. The molecule has 0 aliphatic rings. The van der Waals surface area contributed by atoms with Crippen molar-refractivity contribution in [1.82, 2.24) is 10.3 Å². The summed E-state index contributed by atoms with van der Waals surface area (Å²) < 4.78 is 0. The van der Waals surface area contributed by atoms with E-state index in [9.17, 15) is 0 Å². The van der Waals surface area contributed by atoms with Crippen LogP contribution in [-0.4, -0.2) is 19.1 Å². The number of nitrogens with one attached hydrogen (secondary N) is 1. The molecule has 3 nitrogen and oxygen atoms in total. The summed E-state index contributed by atoms with van der Waals surface area (Å²) in [7, 11) is 4.11. The largest absolute Gasteiger partial charge is 0.378 e. The van der Waals surface area contributed by atoms with Crippen molar-refractivity contribution in [3.8, 4) is 0 Å². The quantitative estimate of drug-likeness (QED) is 0.890. The number of pyridine rings is 1. The summed E-state index contributed by atoms with van der Waals surface area (Å²) in [6.07, 6.45) is 1.83. The Morgan fingerprint density at radius 3 is 2.42 bits per heavy atom. The Labute approximate surface area is 115 Å². The standard InChI is InChI=1S/C16H21N3/c1-13(18-12-15-6-4-5-11-17-15)14-7-9-16(10-8-14)19(2)3/h4-11,13,18H,12H2,1-3H3. The van der Waals surface area contributed by atoms with E-state index in [1.807, 2.05) is 24.4 Å². The third-order valence-corrected chi connectivity index (χ3v) is 3.23. The van der Waals surface area contributed by atoms with Gasteiger partial charge < -0.3 is 10.2 Å². The number of nitrogens with zero attached hydrogens (tertiary/aromatic N) is 2. The number of benzene rings is 1. The molecular weight excluding hydrogens is 234 g/mol. The van der Waals surface area contributed by atoms with Crippen LogP contribution in [0.4, 0.5) is 5.69 Å².